The Morgan fingerprint density at radius 3 is 2.27 bits per heavy atom. The zero-order valence-electron chi connectivity index (χ0n) is 27.1. The van der Waals surface area contributed by atoms with E-state index in [-0.39, 0.29) is 17.0 Å². The predicted octanol–water partition coefficient (Wildman–Crippen LogP) is 8.06. The summed E-state index contributed by atoms with van der Waals surface area (Å²) in [5, 5.41) is 4.52. The van der Waals surface area contributed by atoms with Crippen LogP contribution in [0.4, 0.5) is 0 Å². The maximum absolute atomic E-state index is 13.1. The number of benzene rings is 3. The molecular weight excluding hydrogens is 562 g/mol. The molecule has 45 heavy (non-hydrogen) atoms. The summed E-state index contributed by atoms with van der Waals surface area (Å²) in [4.78, 5) is 32.2. The number of rotatable bonds is 11. The number of nitrogens with zero attached hydrogens (tertiary/aromatic N) is 2. The molecule has 7 nitrogen and oxygen atoms in total. The summed E-state index contributed by atoms with van der Waals surface area (Å²) >= 11 is 0. The highest BCUT2D eigenvalue weighted by molar-refractivity contribution is 5.99. The van der Waals surface area contributed by atoms with Crippen LogP contribution in [-0.4, -0.2) is 41.4 Å². The van der Waals surface area contributed by atoms with Gasteiger partial charge in [-0.05, 0) is 89.7 Å². The molecule has 1 heterocycles. The molecule has 2 amide bonds. The summed E-state index contributed by atoms with van der Waals surface area (Å²) in [7, 11) is 1.74. The minimum absolute atomic E-state index is 0.0679. The number of carbonyl (C=O) groups is 2. The van der Waals surface area contributed by atoms with Crippen LogP contribution in [0, 0.1) is 5.92 Å². The quantitative estimate of drug-likeness (QED) is 0.187. The fourth-order valence-electron chi connectivity index (χ4n) is 5.81. The summed E-state index contributed by atoms with van der Waals surface area (Å²) < 4.78 is 12.0. The van der Waals surface area contributed by atoms with E-state index in [9.17, 15) is 9.59 Å². The van der Waals surface area contributed by atoms with E-state index in [0.717, 1.165) is 46.8 Å². The minimum Gasteiger partial charge on any atom is -0.494 e. The first-order valence-corrected chi connectivity index (χ1v) is 16.0. The van der Waals surface area contributed by atoms with Gasteiger partial charge in [-0.1, -0.05) is 70.7 Å². The van der Waals surface area contributed by atoms with Crippen LogP contribution in [0.25, 0.3) is 10.8 Å². The molecule has 0 bridgehead atoms. The largest absolute Gasteiger partial charge is 0.494 e. The molecule has 236 valence electrons. The van der Waals surface area contributed by atoms with Crippen LogP contribution in [0.3, 0.4) is 0 Å². The number of ether oxygens (including phenoxy) is 2. The van der Waals surface area contributed by atoms with E-state index < -0.39 is 11.9 Å². The van der Waals surface area contributed by atoms with Crippen molar-refractivity contribution in [1.82, 2.24) is 15.2 Å². The van der Waals surface area contributed by atoms with Crippen LogP contribution in [0.1, 0.15) is 81.4 Å². The molecule has 1 atom stereocenters. The van der Waals surface area contributed by atoms with Gasteiger partial charge in [-0.25, -0.2) is 0 Å². The van der Waals surface area contributed by atoms with E-state index in [1.54, 1.807) is 31.1 Å². The van der Waals surface area contributed by atoms with Crippen LogP contribution in [-0.2, 0) is 16.8 Å². The summed E-state index contributed by atoms with van der Waals surface area (Å²) in [5.41, 5.74) is 2.53. The first-order valence-electron chi connectivity index (χ1n) is 16.0. The molecule has 0 unspecified atom stereocenters. The van der Waals surface area contributed by atoms with Crippen LogP contribution >= 0.6 is 0 Å². The molecular formula is C38H45N3O4. The van der Waals surface area contributed by atoms with Crippen molar-refractivity contribution in [2.75, 3.05) is 13.7 Å². The highest BCUT2D eigenvalue weighted by atomic mass is 16.5. The fraction of sp³-hybridized carbons (Fsp3) is 0.395. The van der Waals surface area contributed by atoms with E-state index >= 15 is 0 Å². The van der Waals surface area contributed by atoms with Gasteiger partial charge in [0.1, 0.15) is 29.0 Å². The molecule has 0 radical (unpaired) electrons. The molecule has 1 aliphatic carbocycles. The summed E-state index contributed by atoms with van der Waals surface area (Å²) in [6, 6.07) is 22.7. The van der Waals surface area contributed by atoms with Crippen molar-refractivity contribution in [3.63, 3.8) is 0 Å². The number of hydrogen-bond donors (Lipinski definition) is 1. The van der Waals surface area contributed by atoms with Gasteiger partial charge >= 0.3 is 0 Å². The lowest BCUT2D eigenvalue weighted by Crippen LogP contribution is -2.45. The Kier molecular flexibility index (Phi) is 10.1. The average Bonchev–Trinajstić information content (AvgIpc) is 3.54. The van der Waals surface area contributed by atoms with Crippen LogP contribution < -0.4 is 14.8 Å². The first kappa shape index (κ1) is 32.0. The minimum atomic E-state index is -0.719. The van der Waals surface area contributed by atoms with Gasteiger partial charge in [0.2, 0.25) is 5.91 Å². The van der Waals surface area contributed by atoms with Crippen molar-refractivity contribution < 1.29 is 19.1 Å². The van der Waals surface area contributed by atoms with Gasteiger partial charge in [0.05, 0.1) is 6.61 Å². The van der Waals surface area contributed by atoms with Gasteiger partial charge in [-0.3, -0.25) is 14.6 Å². The molecule has 0 aliphatic heterocycles. The number of nitrogens with one attached hydrogen (secondary N) is 1. The van der Waals surface area contributed by atoms with E-state index in [2.05, 4.69) is 43.2 Å². The summed E-state index contributed by atoms with van der Waals surface area (Å²) in [6.45, 7) is 9.39. The second-order valence-electron chi connectivity index (χ2n) is 13.3. The molecule has 1 N–H and O–H groups in total. The third-order valence-corrected chi connectivity index (χ3v) is 8.59. The number of amides is 2. The number of hydrogen-bond acceptors (Lipinski definition) is 5. The molecule has 7 heteroatoms. The van der Waals surface area contributed by atoms with E-state index in [4.69, 9.17) is 9.47 Å². The second-order valence-corrected chi connectivity index (χ2v) is 13.3. The maximum Gasteiger partial charge on any atom is 0.270 e. The van der Waals surface area contributed by atoms with Gasteiger partial charge in [-0.15, -0.1) is 0 Å². The van der Waals surface area contributed by atoms with E-state index in [1.165, 1.54) is 31.2 Å². The Bertz CT molecular complexity index is 1600. The summed E-state index contributed by atoms with van der Waals surface area (Å²) in [6.07, 6.45) is 8.11. The zero-order valence-corrected chi connectivity index (χ0v) is 27.1. The molecule has 5 rings (SSSR count). The fourth-order valence-corrected chi connectivity index (χ4v) is 5.81. The van der Waals surface area contributed by atoms with E-state index in [1.807, 2.05) is 54.6 Å². The van der Waals surface area contributed by atoms with Gasteiger partial charge < -0.3 is 19.7 Å². The van der Waals surface area contributed by atoms with Gasteiger partial charge in [0, 0.05) is 25.2 Å². The third kappa shape index (κ3) is 8.62. The monoisotopic (exact) mass is 607 g/mol. The number of fused-ring (bicyclic) bond motifs is 1. The molecule has 1 saturated carbocycles. The van der Waals surface area contributed by atoms with Gasteiger partial charge in [0.25, 0.3) is 5.91 Å². The zero-order chi connectivity index (χ0) is 32.0. The topological polar surface area (TPSA) is 80.8 Å². The van der Waals surface area contributed by atoms with Crippen molar-refractivity contribution in [2.45, 2.75) is 77.8 Å². The van der Waals surface area contributed by atoms with Gasteiger partial charge in [-0.2, -0.15) is 0 Å². The Morgan fingerprint density at radius 1 is 0.911 bits per heavy atom. The number of carbonyl (C=O) groups excluding carboxylic acids is 2. The van der Waals surface area contributed by atoms with Crippen molar-refractivity contribution in [2.24, 2.45) is 5.92 Å². The Hall–Kier alpha value is -4.39. The number of likely N-dealkylation sites (N-methyl/N-ethyl adjacent to an activating group) is 1. The lowest BCUT2D eigenvalue weighted by Gasteiger charge is -2.22. The van der Waals surface area contributed by atoms with Crippen LogP contribution in [0.2, 0.25) is 0 Å². The lowest BCUT2D eigenvalue weighted by atomic mass is 9.87. The van der Waals surface area contributed by atoms with Crippen molar-refractivity contribution in [1.29, 1.82) is 0 Å². The molecule has 1 fully saturated rings. The standard InChI is InChI=1S/C38H45N3O4/c1-26(37(43)41(5)25-28-10-15-32(16-11-28)44-21-20-27-8-6-7-9-27)40-36(42)35-23-30-22-34(17-12-29(30)24-39-35)45-33-18-13-31(14-19-33)38(2,3)4/h10-19,22-24,26-27H,6-9,20-21,25H2,1-5H3,(H,40,42)/t26-/m0/s1. The highest BCUT2D eigenvalue weighted by Crippen LogP contribution is 2.29. The molecule has 0 saturated heterocycles. The van der Waals surface area contributed by atoms with Crippen molar-refractivity contribution in [3.8, 4) is 17.2 Å². The molecule has 0 spiro atoms. The first-order chi connectivity index (χ1) is 21.5. The molecule has 4 aromatic rings. The highest BCUT2D eigenvalue weighted by Gasteiger charge is 2.21. The van der Waals surface area contributed by atoms with Crippen LogP contribution in [0.5, 0.6) is 17.2 Å². The Balaban J connectivity index is 1.14. The smallest absolute Gasteiger partial charge is 0.270 e. The Labute approximate surface area is 267 Å². The van der Waals surface area contributed by atoms with Crippen molar-refractivity contribution in [3.05, 3.63) is 95.8 Å². The lowest BCUT2D eigenvalue weighted by molar-refractivity contribution is -0.132. The van der Waals surface area contributed by atoms with Gasteiger partial charge in [0.15, 0.2) is 0 Å². The SMILES string of the molecule is C[C@H](NC(=O)c1cc2cc(Oc3ccc(C(C)(C)C)cc3)ccc2cn1)C(=O)N(C)Cc1ccc(OCCC2CCCC2)cc1. The molecule has 1 aliphatic rings. The average molecular weight is 608 g/mol. The van der Waals surface area contributed by atoms with Crippen molar-refractivity contribution >= 4 is 22.6 Å². The normalized spacial score (nSPS) is 14.2. The van der Waals surface area contributed by atoms with Crippen LogP contribution in [0.15, 0.2) is 79.0 Å². The summed E-state index contributed by atoms with van der Waals surface area (Å²) in [5.74, 6) is 2.46. The Morgan fingerprint density at radius 2 is 1.58 bits per heavy atom. The number of pyridine rings is 1. The predicted molar refractivity (Wildman–Crippen MR) is 179 cm³/mol. The molecule has 3 aromatic carbocycles. The molecule has 1 aromatic heterocycles. The third-order valence-electron chi connectivity index (χ3n) is 8.59. The van der Waals surface area contributed by atoms with E-state index in [0.29, 0.717) is 12.3 Å². The number of aromatic nitrogens is 1. The maximum atomic E-state index is 13.1. The second kappa shape index (κ2) is 14.1.